The minimum atomic E-state index is -2.67. The van der Waals surface area contributed by atoms with E-state index in [1.165, 1.54) is 12.1 Å². The fourth-order valence-corrected chi connectivity index (χ4v) is 5.40. The van der Waals surface area contributed by atoms with E-state index in [4.69, 9.17) is 18.7 Å². The number of halogens is 1. The number of aliphatic hydroxyl groups excluding tert-OH is 1. The van der Waals surface area contributed by atoms with Crippen LogP contribution >= 0.6 is 8.17 Å². The number of ether oxygens (including phenoxy) is 3. The Bertz CT molecular complexity index is 1310. The molecule has 212 valence electrons. The van der Waals surface area contributed by atoms with Crippen LogP contribution in [0.3, 0.4) is 0 Å². The maximum atomic E-state index is 15.4. The lowest BCUT2D eigenvalue weighted by molar-refractivity contribution is -0.170. The molecule has 1 saturated heterocycles. The largest absolute Gasteiger partial charge is 0.575 e. The molecule has 1 saturated carbocycles. The number of hydrogen-bond acceptors (Lipinski definition) is 10. The average molecular weight is 568 g/mol. The molecule has 6 atom stereocenters. The minimum Gasteiger partial charge on any atom is -0.575 e. The highest BCUT2D eigenvalue weighted by atomic mass is 31.1. The highest BCUT2D eigenvalue weighted by Crippen LogP contribution is 2.41. The van der Waals surface area contributed by atoms with Crippen molar-refractivity contribution in [1.29, 1.82) is 0 Å². The maximum absolute atomic E-state index is 15.4. The van der Waals surface area contributed by atoms with E-state index in [9.17, 15) is 24.4 Å². The summed E-state index contributed by atoms with van der Waals surface area (Å²) in [5.41, 5.74) is -3.95. The lowest BCUT2D eigenvalue weighted by Gasteiger charge is -2.24. The molecular formula is C25H31FN3O9P. The van der Waals surface area contributed by atoms with Crippen molar-refractivity contribution in [1.82, 2.24) is 9.55 Å². The van der Waals surface area contributed by atoms with Crippen molar-refractivity contribution < 1.29 is 37.9 Å². The van der Waals surface area contributed by atoms with Gasteiger partial charge < -0.3 is 24.2 Å². The van der Waals surface area contributed by atoms with Crippen LogP contribution in [0.4, 0.5) is 4.39 Å². The van der Waals surface area contributed by atoms with E-state index < -0.39 is 55.5 Å². The Morgan fingerprint density at radius 1 is 1.31 bits per heavy atom. The molecule has 1 aromatic heterocycles. The Hall–Kier alpha value is -3.12. The van der Waals surface area contributed by atoms with Crippen molar-refractivity contribution in [3.63, 3.8) is 0 Å². The quantitative estimate of drug-likeness (QED) is 0.323. The molecule has 1 aliphatic carbocycles. The summed E-state index contributed by atoms with van der Waals surface area (Å²) in [4.78, 5) is 50.6. The Morgan fingerprint density at radius 3 is 2.67 bits per heavy atom. The molecule has 0 radical (unpaired) electrons. The molecule has 0 spiro atoms. The van der Waals surface area contributed by atoms with Crippen LogP contribution in [-0.4, -0.2) is 57.3 Å². The van der Waals surface area contributed by atoms with Crippen molar-refractivity contribution in [2.75, 3.05) is 6.61 Å². The molecule has 2 heterocycles. The smallest absolute Gasteiger partial charge is 0.395 e. The molecule has 1 aliphatic heterocycles. The molecule has 4 rings (SSSR count). The number of H-pyrrole nitrogens is 1. The second-order valence-electron chi connectivity index (χ2n) is 9.61. The van der Waals surface area contributed by atoms with Gasteiger partial charge in [0, 0.05) is 12.3 Å². The number of esters is 1. The Kier molecular flexibility index (Phi) is 9.16. The number of nitrogens with zero attached hydrogens (tertiary/aromatic N) is 2. The molecule has 2 aliphatic rings. The molecule has 0 amide bonds. The molecular weight excluding hydrogens is 536 g/mol. The van der Waals surface area contributed by atoms with Gasteiger partial charge in [0.2, 0.25) is 5.75 Å². The number of para-hydroxylation sites is 2. The van der Waals surface area contributed by atoms with Crippen molar-refractivity contribution in [3.8, 4) is 11.5 Å². The number of rotatable bonds is 10. The minimum absolute atomic E-state index is 0.0466. The molecule has 14 heteroatoms. The highest BCUT2D eigenvalue weighted by molar-refractivity contribution is 7.34. The number of alkyl halides is 1. The zero-order valence-corrected chi connectivity index (χ0v) is 22.4. The van der Waals surface area contributed by atoms with Gasteiger partial charge in [-0.2, -0.15) is 0 Å². The van der Waals surface area contributed by atoms with Crippen molar-refractivity contribution in [3.05, 3.63) is 57.4 Å². The van der Waals surface area contributed by atoms with Gasteiger partial charge in [-0.25, -0.2) is 14.0 Å². The van der Waals surface area contributed by atoms with E-state index in [1.807, 2.05) is 4.98 Å². The number of carbonyl (C=O) groups excluding carboxylic acids is 1. The summed E-state index contributed by atoms with van der Waals surface area (Å²) in [6, 6.07) is 6.30. The lowest BCUT2D eigenvalue weighted by Crippen LogP contribution is -2.43. The number of aromatic nitrogens is 2. The van der Waals surface area contributed by atoms with Gasteiger partial charge in [-0.3, -0.25) is 18.9 Å². The van der Waals surface area contributed by atoms with Crippen LogP contribution in [0.15, 0.2) is 50.9 Å². The van der Waals surface area contributed by atoms with Crippen molar-refractivity contribution >= 4 is 14.1 Å². The van der Waals surface area contributed by atoms with Crippen LogP contribution in [0.5, 0.6) is 11.5 Å². The van der Waals surface area contributed by atoms with E-state index >= 15 is 4.39 Å². The topological polar surface area (TPSA) is 164 Å². The molecule has 0 bridgehead atoms. The number of carbonyl (C=O) groups is 1. The lowest BCUT2D eigenvalue weighted by atomic mass is 9.98. The second kappa shape index (κ2) is 12.4. The number of aliphatic hydroxyl groups is 1. The van der Waals surface area contributed by atoms with E-state index in [0.29, 0.717) is 0 Å². The number of aromatic amines is 1. The van der Waals surface area contributed by atoms with E-state index in [2.05, 4.69) is 4.74 Å². The van der Waals surface area contributed by atoms with Gasteiger partial charge in [0.1, 0.15) is 24.9 Å². The molecule has 39 heavy (non-hydrogen) atoms. The third kappa shape index (κ3) is 6.73. The molecule has 2 N–H and O–H groups in total. The fraction of sp³-hybridized carbons (Fsp3) is 0.560. The highest BCUT2D eigenvalue weighted by Gasteiger charge is 2.55. The van der Waals surface area contributed by atoms with E-state index in [0.717, 1.165) is 49.4 Å². The summed E-state index contributed by atoms with van der Waals surface area (Å²) in [6.45, 7) is 2.45. The van der Waals surface area contributed by atoms with Gasteiger partial charge >= 0.3 is 19.8 Å². The van der Waals surface area contributed by atoms with Crippen molar-refractivity contribution in [2.45, 2.75) is 82.2 Å². The normalized spacial score (nSPS) is 26.4. The summed E-state index contributed by atoms with van der Waals surface area (Å²) >= 11 is 0. The fourth-order valence-electron chi connectivity index (χ4n) is 4.55. The monoisotopic (exact) mass is 567 g/mol. The summed E-state index contributed by atoms with van der Waals surface area (Å²) < 4.78 is 42.5. The maximum Gasteiger partial charge on any atom is 0.395 e. The number of nitrogens with one attached hydrogen (secondary N) is 1. The first-order valence-corrected chi connectivity index (χ1v) is 13.9. The molecule has 12 nitrogen and oxygen atoms in total. The predicted molar refractivity (Wildman–Crippen MR) is 135 cm³/mol. The third-order valence-electron chi connectivity index (χ3n) is 6.73. The second-order valence-corrected chi connectivity index (χ2v) is 10.5. The summed E-state index contributed by atoms with van der Waals surface area (Å²) in [5, 5.41) is 10.6. The van der Waals surface area contributed by atoms with Crippen LogP contribution in [0.2, 0.25) is 0 Å². The molecule has 1 unspecified atom stereocenters. The zero-order chi connectivity index (χ0) is 28.2. The number of hydrogen-bond donors (Lipinski definition) is 2. The SMILES string of the molecule is CC[C@H](N=[P+]([O-])Oc1ccccc1OC[C@H]1O[C@@H](n2ccc(=O)[nH]c2=O)[C@](C)(F)[C@@H]1O)C(=O)OC1CCCC1. The van der Waals surface area contributed by atoms with Crippen LogP contribution in [0.1, 0.15) is 52.2 Å². The first kappa shape index (κ1) is 28.9. The van der Waals surface area contributed by atoms with Gasteiger partial charge in [0.25, 0.3) is 5.56 Å². The van der Waals surface area contributed by atoms with Crippen molar-refractivity contribution in [2.24, 2.45) is 4.74 Å². The van der Waals surface area contributed by atoms with Gasteiger partial charge in [0.05, 0.1) is 0 Å². The van der Waals surface area contributed by atoms with Gasteiger partial charge in [-0.1, -0.05) is 23.8 Å². The van der Waals surface area contributed by atoms with Gasteiger partial charge in [-0.05, 0) is 51.2 Å². The average Bonchev–Trinajstić information content (AvgIpc) is 3.48. The summed E-state index contributed by atoms with van der Waals surface area (Å²) in [6.07, 6.45) is 0.416. The van der Waals surface area contributed by atoms with E-state index in [-0.39, 0.29) is 30.6 Å². The Balaban J connectivity index is 1.42. The van der Waals surface area contributed by atoms with Crippen LogP contribution in [0, 0.1) is 0 Å². The standard InChI is InChI=1S/C25H31FN3O9P/c1-3-16(22(32)36-15-8-4-5-9-15)28-39(34)38-18-11-7-6-10-17(18)35-14-19-21(31)25(2,26)23(37-19)29-13-12-20(30)27-24(29)33/h6-7,10-13,15-16,19,21,23,31H,3-5,8-9,14H2,1-2H3,(H,27,30,33)/t16-,19+,21+,23+,25+/m0/s1. The third-order valence-corrected chi connectivity index (χ3v) is 7.55. The Labute approximate surface area is 224 Å². The molecule has 1 aromatic carbocycles. The predicted octanol–water partition coefficient (Wildman–Crippen LogP) is 2.10. The summed E-state index contributed by atoms with van der Waals surface area (Å²) in [5.74, 6) is -0.386. The Morgan fingerprint density at radius 2 is 2.00 bits per heavy atom. The van der Waals surface area contributed by atoms with Crippen LogP contribution in [0.25, 0.3) is 0 Å². The molecule has 2 aromatic rings. The van der Waals surface area contributed by atoms with E-state index in [1.54, 1.807) is 19.1 Å². The first-order chi connectivity index (χ1) is 18.6. The number of benzene rings is 1. The summed E-state index contributed by atoms with van der Waals surface area (Å²) in [7, 11) is -2.67. The first-order valence-electron chi connectivity index (χ1n) is 12.7. The van der Waals surface area contributed by atoms with Gasteiger partial charge in [0.15, 0.2) is 23.7 Å². The zero-order valence-electron chi connectivity index (χ0n) is 21.5. The van der Waals surface area contributed by atoms with Crippen LogP contribution in [-0.2, 0) is 14.3 Å². The van der Waals surface area contributed by atoms with Gasteiger partial charge in [-0.15, -0.1) is 0 Å². The molecule has 2 fully saturated rings. The van der Waals surface area contributed by atoms with Crippen LogP contribution < -0.4 is 25.4 Å².